The number of pyridine rings is 1. The molecule has 0 saturated carbocycles. The molecule has 0 saturated heterocycles. The fraction of sp³-hybridized carbons (Fsp3) is 0.0833. The number of nitrogens with two attached hydrogens (primary N) is 1. The number of halogens is 1. The van der Waals surface area contributed by atoms with Crippen LogP contribution in [-0.4, -0.2) is 10.1 Å². The number of aromatic hydroxyl groups is 1. The SMILES string of the molecule is Nc1ccc(O)c(CSc2ncccc2Br)c1. The molecule has 3 N–H and O–H groups in total. The number of phenols is 1. The first-order valence-electron chi connectivity index (χ1n) is 4.97. The zero-order valence-corrected chi connectivity index (χ0v) is 11.3. The van der Waals surface area contributed by atoms with Crippen molar-refractivity contribution in [1.29, 1.82) is 0 Å². The summed E-state index contributed by atoms with van der Waals surface area (Å²) >= 11 is 4.98. The van der Waals surface area contributed by atoms with Gasteiger partial charge in [0.2, 0.25) is 0 Å². The van der Waals surface area contributed by atoms with Crippen molar-refractivity contribution in [2.24, 2.45) is 0 Å². The molecule has 0 radical (unpaired) electrons. The molecule has 2 rings (SSSR count). The molecule has 0 spiro atoms. The molecule has 0 atom stereocenters. The Morgan fingerprint density at radius 1 is 1.35 bits per heavy atom. The molecule has 5 heteroatoms. The number of nitrogens with zero attached hydrogens (tertiary/aromatic N) is 1. The lowest BCUT2D eigenvalue weighted by Gasteiger charge is -2.06. The molecule has 0 aliphatic heterocycles. The van der Waals surface area contributed by atoms with Crippen LogP contribution in [0.15, 0.2) is 46.0 Å². The van der Waals surface area contributed by atoms with Gasteiger partial charge in [0, 0.05) is 27.7 Å². The molecule has 0 aliphatic carbocycles. The first kappa shape index (κ1) is 12.3. The summed E-state index contributed by atoms with van der Waals surface area (Å²) in [4.78, 5) is 4.25. The van der Waals surface area contributed by atoms with E-state index < -0.39 is 0 Å². The molecule has 0 aliphatic rings. The zero-order valence-electron chi connectivity index (χ0n) is 8.93. The minimum Gasteiger partial charge on any atom is -0.508 e. The van der Waals surface area contributed by atoms with E-state index in [0.29, 0.717) is 11.4 Å². The smallest absolute Gasteiger partial charge is 0.119 e. The summed E-state index contributed by atoms with van der Waals surface area (Å²) in [5.41, 5.74) is 7.15. The van der Waals surface area contributed by atoms with E-state index in [-0.39, 0.29) is 5.75 Å². The Kier molecular flexibility index (Phi) is 3.91. The number of nitrogen functional groups attached to an aromatic ring is 1. The number of hydrogen-bond acceptors (Lipinski definition) is 4. The third-order valence-electron chi connectivity index (χ3n) is 2.19. The summed E-state index contributed by atoms with van der Waals surface area (Å²) in [7, 11) is 0. The number of hydrogen-bond donors (Lipinski definition) is 2. The summed E-state index contributed by atoms with van der Waals surface area (Å²) in [6.07, 6.45) is 1.74. The number of benzene rings is 1. The van der Waals surface area contributed by atoms with Crippen molar-refractivity contribution in [3.8, 4) is 5.75 Å². The van der Waals surface area contributed by atoms with Gasteiger partial charge < -0.3 is 10.8 Å². The monoisotopic (exact) mass is 310 g/mol. The number of thioether (sulfide) groups is 1. The van der Waals surface area contributed by atoms with Crippen LogP contribution in [0.1, 0.15) is 5.56 Å². The quantitative estimate of drug-likeness (QED) is 0.518. The maximum atomic E-state index is 9.68. The second kappa shape index (κ2) is 5.42. The Balaban J connectivity index is 2.12. The predicted octanol–water partition coefficient (Wildman–Crippen LogP) is 3.42. The molecule has 0 unspecified atom stereocenters. The summed E-state index contributed by atoms with van der Waals surface area (Å²) < 4.78 is 0.952. The molecule has 3 nitrogen and oxygen atoms in total. The van der Waals surface area contributed by atoms with Gasteiger partial charge in [0.25, 0.3) is 0 Å². The maximum absolute atomic E-state index is 9.68. The minimum atomic E-state index is 0.263. The Morgan fingerprint density at radius 3 is 2.94 bits per heavy atom. The first-order chi connectivity index (χ1) is 8.16. The normalized spacial score (nSPS) is 10.4. The summed E-state index contributed by atoms with van der Waals surface area (Å²) in [5, 5.41) is 10.6. The Morgan fingerprint density at radius 2 is 2.18 bits per heavy atom. The van der Waals surface area contributed by atoms with Gasteiger partial charge in [0.15, 0.2) is 0 Å². The van der Waals surface area contributed by atoms with Crippen LogP contribution in [0.2, 0.25) is 0 Å². The van der Waals surface area contributed by atoms with Crippen LogP contribution >= 0.6 is 27.7 Å². The van der Waals surface area contributed by atoms with Gasteiger partial charge >= 0.3 is 0 Å². The molecule has 1 aromatic heterocycles. The van der Waals surface area contributed by atoms with E-state index in [2.05, 4.69) is 20.9 Å². The van der Waals surface area contributed by atoms with Gasteiger partial charge in [-0.25, -0.2) is 4.98 Å². The summed E-state index contributed by atoms with van der Waals surface area (Å²) in [5.74, 6) is 0.894. The molecule has 0 amide bonds. The number of rotatable bonds is 3. The van der Waals surface area contributed by atoms with E-state index >= 15 is 0 Å². The molecular weight excluding hydrogens is 300 g/mol. The van der Waals surface area contributed by atoms with Crippen molar-refractivity contribution in [3.63, 3.8) is 0 Å². The van der Waals surface area contributed by atoms with Crippen LogP contribution in [-0.2, 0) is 5.75 Å². The lowest BCUT2D eigenvalue weighted by Crippen LogP contribution is -1.89. The van der Waals surface area contributed by atoms with Crippen molar-refractivity contribution in [2.45, 2.75) is 10.8 Å². The highest BCUT2D eigenvalue weighted by Gasteiger charge is 2.05. The third kappa shape index (κ3) is 3.14. The maximum Gasteiger partial charge on any atom is 0.119 e. The van der Waals surface area contributed by atoms with Gasteiger partial charge in [0.05, 0.1) is 0 Å². The minimum absolute atomic E-state index is 0.263. The molecule has 0 bridgehead atoms. The van der Waals surface area contributed by atoms with E-state index in [1.54, 1.807) is 36.2 Å². The van der Waals surface area contributed by atoms with Crippen LogP contribution in [0, 0.1) is 0 Å². The Hall–Kier alpha value is -1.20. The van der Waals surface area contributed by atoms with Crippen LogP contribution in [0.3, 0.4) is 0 Å². The number of anilines is 1. The standard InChI is InChI=1S/C12H11BrN2OS/c13-10-2-1-5-15-12(10)17-7-8-6-9(14)3-4-11(8)16/h1-6,16H,7,14H2. The van der Waals surface area contributed by atoms with E-state index in [1.807, 2.05) is 12.1 Å². The average molecular weight is 311 g/mol. The van der Waals surface area contributed by atoms with E-state index in [1.165, 1.54) is 0 Å². The molecule has 17 heavy (non-hydrogen) atoms. The first-order valence-corrected chi connectivity index (χ1v) is 6.75. The van der Waals surface area contributed by atoms with Crippen molar-refractivity contribution >= 4 is 33.4 Å². The largest absolute Gasteiger partial charge is 0.508 e. The lowest BCUT2D eigenvalue weighted by atomic mass is 10.2. The molecular formula is C12H11BrN2OS. The fourth-order valence-electron chi connectivity index (χ4n) is 1.34. The van der Waals surface area contributed by atoms with Gasteiger partial charge in [-0.05, 0) is 46.3 Å². The van der Waals surface area contributed by atoms with Gasteiger partial charge in [-0.15, -0.1) is 11.8 Å². The fourth-order valence-corrected chi connectivity index (χ4v) is 2.81. The molecule has 1 heterocycles. The third-order valence-corrected chi connectivity index (χ3v) is 4.15. The van der Waals surface area contributed by atoms with Crippen LogP contribution in [0.5, 0.6) is 5.75 Å². The highest BCUT2D eigenvalue weighted by atomic mass is 79.9. The van der Waals surface area contributed by atoms with E-state index in [9.17, 15) is 5.11 Å². The van der Waals surface area contributed by atoms with Crippen LogP contribution < -0.4 is 5.73 Å². The Labute approximate surface area is 112 Å². The van der Waals surface area contributed by atoms with E-state index in [0.717, 1.165) is 15.1 Å². The van der Waals surface area contributed by atoms with Gasteiger partial charge in [-0.2, -0.15) is 0 Å². The summed E-state index contributed by atoms with van der Waals surface area (Å²) in [6, 6.07) is 8.87. The van der Waals surface area contributed by atoms with Crippen LogP contribution in [0.4, 0.5) is 5.69 Å². The molecule has 88 valence electrons. The van der Waals surface area contributed by atoms with Gasteiger partial charge in [0.1, 0.15) is 10.8 Å². The second-order valence-corrected chi connectivity index (χ2v) is 5.29. The van der Waals surface area contributed by atoms with E-state index in [4.69, 9.17) is 5.73 Å². The predicted molar refractivity (Wildman–Crippen MR) is 74.0 cm³/mol. The topological polar surface area (TPSA) is 59.1 Å². The number of aromatic nitrogens is 1. The van der Waals surface area contributed by atoms with Gasteiger partial charge in [-0.1, -0.05) is 0 Å². The highest BCUT2D eigenvalue weighted by molar-refractivity contribution is 9.10. The number of phenolic OH excluding ortho intramolecular Hbond substituents is 1. The van der Waals surface area contributed by atoms with Crippen molar-refractivity contribution < 1.29 is 5.11 Å². The second-order valence-electron chi connectivity index (χ2n) is 3.47. The molecule has 0 fully saturated rings. The zero-order chi connectivity index (χ0) is 12.3. The van der Waals surface area contributed by atoms with Gasteiger partial charge in [-0.3, -0.25) is 0 Å². The summed E-state index contributed by atoms with van der Waals surface area (Å²) in [6.45, 7) is 0. The average Bonchev–Trinajstić information content (AvgIpc) is 2.32. The van der Waals surface area contributed by atoms with Crippen molar-refractivity contribution in [2.75, 3.05) is 5.73 Å². The van der Waals surface area contributed by atoms with Crippen LogP contribution in [0.25, 0.3) is 0 Å². The van der Waals surface area contributed by atoms with Crippen molar-refractivity contribution in [1.82, 2.24) is 4.98 Å². The Bertz CT molecular complexity index is 534. The molecule has 2 aromatic rings. The highest BCUT2D eigenvalue weighted by Crippen LogP contribution is 2.31. The van der Waals surface area contributed by atoms with Crippen molar-refractivity contribution in [3.05, 3.63) is 46.6 Å². The molecule has 1 aromatic carbocycles. The lowest BCUT2D eigenvalue weighted by molar-refractivity contribution is 0.471.